The van der Waals surface area contributed by atoms with Gasteiger partial charge in [-0.05, 0) is 52.2 Å². The van der Waals surface area contributed by atoms with Gasteiger partial charge in [0, 0.05) is 38.4 Å². The molecule has 9 rings (SSSR count). The van der Waals surface area contributed by atoms with Crippen LogP contribution in [0.3, 0.4) is 0 Å². The van der Waals surface area contributed by atoms with Crippen LogP contribution < -0.4 is 4.74 Å². The fraction of sp³-hybridized carbons (Fsp3) is 0. The summed E-state index contributed by atoms with van der Waals surface area (Å²) in [5.41, 5.74) is 3.14. The Bertz CT molecular complexity index is 2790. The van der Waals surface area contributed by atoms with Crippen LogP contribution in [0.25, 0.3) is 71.3 Å². The third kappa shape index (κ3) is 2.88. The average Bonchev–Trinajstić information content (AvgIpc) is 3.48. The molecule has 7 aromatic carbocycles. The van der Waals surface area contributed by atoms with Crippen molar-refractivity contribution in [2.75, 3.05) is 0 Å². The molecule has 0 spiro atoms. The van der Waals surface area contributed by atoms with Crippen molar-refractivity contribution in [3.05, 3.63) is 139 Å². The van der Waals surface area contributed by atoms with Crippen LogP contribution in [0.5, 0.6) is 11.5 Å². The molecule has 0 fully saturated rings. The summed E-state index contributed by atoms with van der Waals surface area (Å²) in [4.78, 5) is 0. The molecule has 0 saturated carbocycles. The van der Waals surface area contributed by atoms with Crippen molar-refractivity contribution >= 4 is 43.4 Å². The van der Waals surface area contributed by atoms with Crippen molar-refractivity contribution in [1.29, 1.82) is 0 Å². The lowest BCUT2D eigenvalue weighted by molar-refractivity contribution is 0.487. The number of hydrogen-bond acceptors (Lipinski definition) is 1. The topological polar surface area (TPSA) is 14.2 Å². The average molecular weight is 519 g/mol. The van der Waals surface area contributed by atoms with E-state index < -0.39 is 36.3 Å². The molecule has 2 nitrogen and oxygen atoms in total. The molecule has 2 heteroatoms. The second-order valence-electron chi connectivity index (χ2n) is 9.82. The second-order valence-corrected chi connectivity index (χ2v) is 9.82. The molecular formula is C38H23NO. The lowest BCUT2D eigenvalue weighted by Crippen LogP contribution is -1.99. The summed E-state index contributed by atoms with van der Waals surface area (Å²) in [5.74, 6) is -0.454. The highest BCUT2D eigenvalue weighted by Crippen LogP contribution is 2.49. The monoisotopic (exact) mass is 518 g/mol. The van der Waals surface area contributed by atoms with Crippen LogP contribution in [0.2, 0.25) is 0 Å². The first-order chi connectivity index (χ1) is 23.6. The summed E-state index contributed by atoms with van der Waals surface area (Å²) >= 11 is 0. The molecule has 2 heterocycles. The van der Waals surface area contributed by atoms with Crippen LogP contribution in [0.1, 0.15) is 12.3 Å². The summed E-state index contributed by atoms with van der Waals surface area (Å²) < 4.78 is 87.8. The van der Waals surface area contributed by atoms with Gasteiger partial charge in [-0.25, -0.2) is 0 Å². The molecule has 0 bridgehead atoms. The molecular weight excluding hydrogens is 486 g/mol. The highest BCUT2D eigenvalue weighted by Gasteiger charge is 2.23. The summed E-state index contributed by atoms with van der Waals surface area (Å²) in [6.45, 7) is 0. The first-order valence-corrected chi connectivity index (χ1v) is 13.0. The van der Waals surface area contributed by atoms with E-state index in [9.17, 15) is 4.11 Å². The Morgan fingerprint density at radius 3 is 2.23 bits per heavy atom. The number of para-hydroxylation sites is 3. The molecule has 1 aromatic heterocycles. The summed E-state index contributed by atoms with van der Waals surface area (Å²) in [7, 11) is 0. The van der Waals surface area contributed by atoms with Crippen LogP contribution in [-0.4, -0.2) is 4.57 Å². The number of hydrogen-bond donors (Lipinski definition) is 0. The minimum Gasteiger partial charge on any atom is -0.456 e. The predicted octanol–water partition coefficient (Wildman–Crippen LogP) is 10.5. The maximum Gasteiger partial charge on any atom is 0.135 e. The SMILES string of the molecule is [2H]c1c([2H])c([2H])c2c(c1[2H])Oc1c([2H])c([2H])c(-c3cccc4c5ccc6ccccc6c5n(-c5ccccc5)c34)c3c([2H])c([2H])c([2H])c-2c13. The Labute approximate surface area is 244 Å². The molecule has 186 valence electrons. The Morgan fingerprint density at radius 2 is 1.27 bits per heavy atom. The summed E-state index contributed by atoms with van der Waals surface area (Å²) in [6.07, 6.45) is 0. The maximum atomic E-state index is 9.43. The first kappa shape index (κ1) is 14.7. The van der Waals surface area contributed by atoms with E-state index in [1.165, 1.54) is 0 Å². The maximum absolute atomic E-state index is 9.43. The molecule has 0 unspecified atom stereocenters. The molecule has 40 heavy (non-hydrogen) atoms. The van der Waals surface area contributed by atoms with Gasteiger partial charge in [-0.3, -0.25) is 0 Å². The van der Waals surface area contributed by atoms with Crippen LogP contribution in [0.15, 0.2) is 139 Å². The quantitative estimate of drug-likeness (QED) is 0.222. The van der Waals surface area contributed by atoms with Gasteiger partial charge in [-0.1, -0.05) is 109 Å². The van der Waals surface area contributed by atoms with Gasteiger partial charge >= 0.3 is 0 Å². The number of rotatable bonds is 2. The Kier molecular flexibility index (Phi) is 2.97. The largest absolute Gasteiger partial charge is 0.456 e. The van der Waals surface area contributed by atoms with Gasteiger partial charge in [-0.2, -0.15) is 0 Å². The van der Waals surface area contributed by atoms with Gasteiger partial charge in [0.2, 0.25) is 0 Å². The lowest BCUT2D eigenvalue weighted by atomic mass is 9.90. The highest BCUT2D eigenvalue weighted by molar-refractivity contribution is 6.22. The Morgan fingerprint density at radius 1 is 0.475 bits per heavy atom. The molecule has 1 aliphatic heterocycles. The number of ether oxygens (including phenoxy) is 1. The third-order valence-corrected chi connectivity index (χ3v) is 7.72. The van der Waals surface area contributed by atoms with Crippen LogP contribution in [-0.2, 0) is 0 Å². The fourth-order valence-electron chi connectivity index (χ4n) is 6.05. The van der Waals surface area contributed by atoms with Gasteiger partial charge in [0.05, 0.1) is 23.4 Å². The van der Waals surface area contributed by atoms with E-state index in [-0.39, 0.29) is 57.1 Å². The number of fused-ring (bicyclic) bond motifs is 7. The number of aromatic nitrogens is 1. The van der Waals surface area contributed by atoms with Gasteiger partial charge in [0.25, 0.3) is 0 Å². The fourth-order valence-corrected chi connectivity index (χ4v) is 6.05. The van der Waals surface area contributed by atoms with E-state index in [1.54, 1.807) is 0 Å². The van der Waals surface area contributed by atoms with Gasteiger partial charge in [-0.15, -0.1) is 0 Å². The summed E-state index contributed by atoms with van der Waals surface area (Å²) in [5, 5.41) is 4.11. The van der Waals surface area contributed by atoms with Crippen molar-refractivity contribution in [2.24, 2.45) is 0 Å². The van der Waals surface area contributed by atoms with E-state index >= 15 is 0 Å². The molecule has 0 atom stereocenters. The third-order valence-electron chi connectivity index (χ3n) is 7.72. The molecule has 8 aromatic rings. The van der Waals surface area contributed by atoms with Gasteiger partial charge in [0.1, 0.15) is 11.5 Å². The normalized spacial score (nSPS) is 15.3. The van der Waals surface area contributed by atoms with E-state index in [4.69, 9.17) is 13.0 Å². The number of benzene rings is 7. The van der Waals surface area contributed by atoms with Crippen molar-refractivity contribution in [2.45, 2.75) is 0 Å². The van der Waals surface area contributed by atoms with E-state index in [0.717, 1.165) is 38.3 Å². The molecule has 0 saturated heterocycles. The van der Waals surface area contributed by atoms with E-state index in [2.05, 4.69) is 28.8 Å². The first-order valence-electron chi connectivity index (χ1n) is 17.5. The van der Waals surface area contributed by atoms with E-state index in [0.29, 0.717) is 5.56 Å². The second kappa shape index (κ2) is 8.08. The highest BCUT2D eigenvalue weighted by atomic mass is 16.5. The van der Waals surface area contributed by atoms with E-state index in [1.807, 2.05) is 60.7 Å². The molecule has 0 amide bonds. The van der Waals surface area contributed by atoms with Crippen molar-refractivity contribution in [3.8, 4) is 39.4 Å². The minimum atomic E-state index is -0.541. The smallest absolute Gasteiger partial charge is 0.135 e. The Balaban J connectivity index is 1.52. The predicted molar refractivity (Wildman–Crippen MR) is 167 cm³/mol. The van der Waals surface area contributed by atoms with Crippen LogP contribution >= 0.6 is 0 Å². The molecule has 0 radical (unpaired) electrons. The molecule has 0 aliphatic carbocycles. The zero-order chi connectivity index (χ0) is 34.0. The zero-order valence-electron chi connectivity index (χ0n) is 29.9. The van der Waals surface area contributed by atoms with Crippen molar-refractivity contribution in [3.63, 3.8) is 0 Å². The van der Waals surface area contributed by atoms with Gasteiger partial charge in [0.15, 0.2) is 0 Å². The van der Waals surface area contributed by atoms with Crippen molar-refractivity contribution in [1.82, 2.24) is 4.57 Å². The Hall–Kier alpha value is -5.34. The zero-order valence-corrected chi connectivity index (χ0v) is 20.9. The minimum absolute atomic E-state index is 0.0178. The van der Waals surface area contributed by atoms with Crippen LogP contribution in [0, 0.1) is 0 Å². The molecule has 1 aliphatic rings. The van der Waals surface area contributed by atoms with Crippen molar-refractivity contribution < 1.29 is 17.1 Å². The lowest BCUT2D eigenvalue weighted by Gasteiger charge is -2.22. The number of nitrogens with zero attached hydrogens (tertiary/aromatic N) is 1. The van der Waals surface area contributed by atoms with Gasteiger partial charge < -0.3 is 9.30 Å². The summed E-state index contributed by atoms with van der Waals surface area (Å²) in [6, 6.07) is 23.9. The standard InChI is InChI=1S/C38H23NO/c1-2-11-25(12-3-1)39-37-26-13-5-4-10-24(26)20-21-33(37)32-18-9-17-31(38(32)39)27-22-23-35-36-29(27)15-8-16-30(36)28-14-6-7-19-34(28)40-35/h1-23H/i6D,7D,8D,14D,15D,16D,19D,22D,23D. The van der Waals surface area contributed by atoms with Crippen LogP contribution in [0.4, 0.5) is 0 Å². The molecule has 0 N–H and O–H groups in total.